The van der Waals surface area contributed by atoms with Gasteiger partial charge >= 0.3 is 0 Å². The standard InChI is InChI=1S/C21H29ClN4OS/c1-2-18-6-3-4-12-24(18)15-26-21(28)25(14-19-7-5-13-27-19)20(23-26)16-8-10-17(22)11-9-16/h8-11,18-19H,2-7,12-15H2,1H3/t18-,19-/m0/s1. The highest BCUT2D eigenvalue weighted by molar-refractivity contribution is 7.71. The minimum atomic E-state index is 0.216. The van der Waals surface area contributed by atoms with Gasteiger partial charge in [-0.15, -0.1) is 0 Å². The van der Waals surface area contributed by atoms with E-state index in [0.717, 1.165) is 60.4 Å². The van der Waals surface area contributed by atoms with Crippen LogP contribution in [0.4, 0.5) is 0 Å². The smallest absolute Gasteiger partial charge is 0.199 e. The summed E-state index contributed by atoms with van der Waals surface area (Å²) in [5.74, 6) is 0.905. The molecule has 4 rings (SSSR count). The summed E-state index contributed by atoms with van der Waals surface area (Å²) in [7, 11) is 0. The SMILES string of the molecule is CC[C@H]1CCCCN1Cn1nc(-c2ccc(Cl)cc2)n(C[C@@H]2CCCO2)c1=S. The number of ether oxygens (including phenoxy) is 1. The molecule has 152 valence electrons. The number of benzene rings is 1. The van der Waals surface area contributed by atoms with Crippen LogP contribution in [0.5, 0.6) is 0 Å². The zero-order valence-corrected chi connectivity index (χ0v) is 18.1. The van der Waals surface area contributed by atoms with E-state index in [1.807, 2.05) is 28.9 Å². The van der Waals surface area contributed by atoms with Gasteiger partial charge in [0.05, 0.1) is 19.3 Å². The third-order valence-electron chi connectivity index (χ3n) is 5.97. The molecule has 0 radical (unpaired) electrons. The Morgan fingerprint density at radius 1 is 1.18 bits per heavy atom. The number of rotatable bonds is 6. The first-order chi connectivity index (χ1) is 13.7. The minimum absolute atomic E-state index is 0.216. The van der Waals surface area contributed by atoms with E-state index in [1.165, 1.54) is 25.7 Å². The maximum atomic E-state index is 6.09. The number of likely N-dealkylation sites (tertiary alicyclic amines) is 1. The highest BCUT2D eigenvalue weighted by Crippen LogP contribution is 2.25. The molecule has 28 heavy (non-hydrogen) atoms. The molecule has 0 spiro atoms. The van der Waals surface area contributed by atoms with E-state index in [1.54, 1.807) is 0 Å². The molecule has 0 saturated carbocycles. The Balaban J connectivity index is 1.66. The van der Waals surface area contributed by atoms with Crippen LogP contribution < -0.4 is 0 Å². The lowest BCUT2D eigenvalue weighted by atomic mass is 10.0. The van der Waals surface area contributed by atoms with Crippen LogP contribution in [-0.2, 0) is 18.0 Å². The first-order valence-corrected chi connectivity index (χ1v) is 11.2. The summed E-state index contributed by atoms with van der Waals surface area (Å²) in [5.41, 5.74) is 1.04. The lowest BCUT2D eigenvalue weighted by molar-refractivity contribution is 0.0937. The summed E-state index contributed by atoms with van der Waals surface area (Å²) in [6.45, 7) is 5.76. The molecule has 2 atom stereocenters. The van der Waals surface area contributed by atoms with Gasteiger partial charge in [0.25, 0.3) is 0 Å². The van der Waals surface area contributed by atoms with Gasteiger partial charge in [0.15, 0.2) is 10.6 Å². The Hall–Kier alpha value is -1.21. The van der Waals surface area contributed by atoms with Crippen LogP contribution in [0.15, 0.2) is 24.3 Å². The molecule has 3 heterocycles. The van der Waals surface area contributed by atoms with E-state index in [9.17, 15) is 0 Å². The summed E-state index contributed by atoms with van der Waals surface area (Å²) >= 11 is 12.0. The maximum absolute atomic E-state index is 6.09. The van der Waals surface area contributed by atoms with Crippen LogP contribution in [0.3, 0.4) is 0 Å². The molecule has 1 aromatic heterocycles. The first-order valence-electron chi connectivity index (χ1n) is 10.4. The van der Waals surface area contributed by atoms with Crippen LogP contribution in [0.1, 0.15) is 45.4 Å². The molecule has 0 amide bonds. The highest BCUT2D eigenvalue weighted by atomic mass is 35.5. The third-order valence-corrected chi connectivity index (χ3v) is 6.65. The molecule has 2 fully saturated rings. The van der Waals surface area contributed by atoms with Gasteiger partial charge in [-0.2, -0.15) is 5.10 Å². The van der Waals surface area contributed by atoms with Crippen molar-refractivity contribution in [2.45, 2.75) is 70.8 Å². The molecule has 0 N–H and O–H groups in total. The Kier molecular flexibility index (Phi) is 6.51. The molecule has 0 bridgehead atoms. The maximum Gasteiger partial charge on any atom is 0.199 e. The van der Waals surface area contributed by atoms with E-state index in [-0.39, 0.29) is 6.10 Å². The van der Waals surface area contributed by atoms with Gasteiger partial charge in [-0.25, -0.2) is 4.68 Å². The quantitative estimate of drug-likeness (QED) is 0.606. The molecule has 1 aromatic carbocycles. The molecule has 2 aromatic rings. The summed E-state index contributed by atoms with van der Waals surface area (Å²) in [6.07, 6.45) is 7.44. The van der Waals surface area contributed by atoms with Crippen LogP contribution >= 0.6 is 23.8 Å². The van der Waals surface area contributed by atoms with E-state index in [2.05, 4.69) is 16.4 Å². The second-order valence-corrected chi connectivity index (χ2v) is 8.67. The number of aromatic nitrogens is 3. The van der Waals surface area contributed by atoms with Gasteiger partial charge < -0.3 is 4.74 Å². The van der Waals surface area contributed by atoms with Gasteiger partial charge in [0.1, 0.15) is 0 Å². The van der Waals surface area contributed by atoms with Crippen LogP contribution in [0.2, 0.25) is 5.02 Å². The van der Waals surface area contributed by atoms with Gasteiger partial charge in [-0.05, 0) is 68.6 Å². The fourth-order valence-corrected chi connectivity index (χ4v) is 4.77. The molecular weight excluding hydrogens is 392 g/mol. The third kappa shape index (κ3) is 4.35. The van der Waals surface area contributed by atoms with Crippen molar-refractivity contribution in [3.63, 3.8) is 0 Å². The summed E-state index contributed by atoms with van der Waals surface area (Å²) < 4.78 is 10.8. The Morgan fingerprint density at radius 2 is 2.00 bits per heavy atom. The number of hydrogen-bond donors (Lipinski definition) is 0. The summed E-state index contributed by atoms with van der Waals surface area (Å²) in [6, 6.07) is 8.48. The first kappa shape index (κ1) is 20.1. The highest BCUT2D eigenvalue weighted by Gasteiger charge is 2.24. The van der Waals surface area contributed by atoms with Gasteiger partial charge in [-0.1, -0.05) is 24.9 Å². The van der Waals surface area contributed by atoms with Crippen molar-refractivity contribution in [1.82, 2.24) is 19.2 Å². The predicted octanol–water partition coefficient (Wildman–Crippen LogP) is 5.14. The molecular formula is C21H29ClN4OS. The van der Waals surface area contributed by atoms with E-state index < -0.39 is 0 Å². The average Bonchev–Trinajstić information content (AvgIpc) is 3.33. The van der Waals surface area contributed by atoms with Gasteiger partial charge in [-0.3, -0.25) is 9.47 Å². The monoisotopic (exact) mass is 420 g/mol. The van der Waals surface area contributed by atoms with Crippen molar-refractivity contribution in [1.29, 1.82) is 0 Å². The fourth-order valence-electron chi connectivity index (χ4n) is 4.38. The number of piperidine rings is 1. The molecule has 0 aliphatic carbocycles. The second-order valence-electron chi connectivity index (χ2n) is 7.87. The minimum Gasteiger partial charge on any atom is -0.376 e. The summed E-state index contributed by atoms with van der Waals surface area (Å²) in [5, 5.41) is 5.68. The van der Waals surface area contributed by atoms with Gasteiger partial charge in [0.2, 0.25) is 0 Å². The molecule has 5 nitrogen and oxygen atoms in total. The average molecular weight is 421 g/mol. The number of hydrogen-bond acceptors (Lipinski definition) is 4. The van der Waals surface area contributed by atoms with Crippen molar-refractivity contribution in [2.24, 2.45) is 0 Å². The Morgan fingerprint density at radius 3 is 2.71 bits per heavy atom. The van der Waals surface area contributed by atoms with Crippen molar-refractivity contribution >= 4 is 23.8 Å². The normalized spacial score (nSPS) is 23.4. The van der Waals surface area contributed by atoms with E-state index in [4.69, 9.17) is 33.7 Å². The van der Waals surface area contributed by atoms with Gasteiger partial charge in [0, 0.05) is 29.8 Å². The molecule has 2 saturated heterocycles. The topological polar surface area (TPSA) is 35.2 Å². The summed E-state index contributed by atoms with van der Waals surface area (Å²) in [4.78, 5) is 2.54. The van der Waals surface area contributed by atoms with Crippen molar-refractivity contribution < 1.29 is 4.74 Å². The Bertz CT molecular complexity index is 841. The van der Waals surface area contributed by atoms with Crippen molar-refractivity contribution in [2.75, 3.05) is 13.2 Å². The predicted molar refractivity (Wildman–Crippen MR) is 115 cm³/mol. The lowest BCUT2D eigenvalue weighted by Gasteiger charge is -2.34. The number of nitrogens with zero attached hydrogens (tertiary/aromatic N) is 4. The second kappa shape index (κ2) is 9.08. The van der Waals surface area contributed by atoms with Crippen LogP contribution in [0, 0.1) is 4.77 Å². The zero-order chi connectivity index (χ0) is 19.5. The van der Waals surface area contributed by atoms with E-state index in [0.29, 0.717) is 6.04 Å². The van der Waals surface area contributed by atoms with E-state index >= 15 is 0 Å². The molecule has 2 aliphatic heterocycles. The molecule has 2 aliphatic rings. The van der Waals surface area contributed by atoms with Crippen LogP contribution in [0.25, 0.3) is 11.4 Å². The lowest BCUT2D eigenvalue weighted by Crippen LogP contribution is -2.40. The molecule has 7 heteroatoms. The largest absolute Gasteiger partial charge is 0.376 e. The molecule has 0 unspecified atom stereocenters. The van der Waals surface area contributed by atoms with Crippen LogP contribution in [-0.4, -0.2) is 44.5 Å². The Labute approximate surface area is 177 Å². The zero-order valence-electron chi connectivity index (χ0n) is 16.5. The van der Waals surface area contributed by atoms with Crippen molar-refractivity contribution in [3.05, 3.63) is 34.1 Å². The fraction of sp³-hybridized carbons (Fsp3) is 0.619. The number of halogens is 1. The van der Waals surface area contributed by atoms with Crippen molar-refractivity contribution in [3.8, 4) is 11.4 Å².